The topological polar surface area (TPSA) is 133 Å². The molecule has 7 heteroatoms. The molecule has 7 nitrogen and oxygen atoms in total. The van der Waals surface area contributed by atoms with Crippen molar-refractivity contribution in [1.82, 2.24) is 5.32 Å². The number of carbonyl (C=O) groups excluding carboxylic acids is 1. The van der Waals surface area contributed by atoms with Crippen LogP contribution in [0.2, 0.25) is 0 Å². The molecular weight excluding hydrogens is 300 g/mol. The Bertz CT molecular complexity index is 530. The second kappa shape index (κ2) is 8.50. The zero-order valence-corrected chi connectivity index (χ0v) is 13.3. The van der Waals surface area contributed by atoms with E-state index in [-0.39, 0.29) is 24.5 Å². The van der Waals surface area contributed by atoms with Crippen LogP contribution in [0, 0.1) is 5.92 Å². The van der Waals surface area contributed by atoms with Gasteiger partial charge in [0.2, 0.25) is 0 Å². The van der Waals surface area contributed by atoms with Crippen LogP contribution in [-0.4, -0.2) is 45.4 Å². The van der Waals surface area contributed by atoms with Gasteiger partial charge in [-0.25, -0.2) is 4.79 Å². The molecule has 0 aliphatic carbocycles. The monoisotopic (exact) mass is 324 g/mol. The molecule has 128 valence electrons. The van der Waals surface area contributed by atoms with Gasteiger partial charge in [-0.05, 0) is 36.5 Å². The minimum Gasteiger partial charge on any atom is -0.508 e. The van der Waals surface area contributed by atoms with E-state index < -0.39 is 30.1 Å². The van der Waals surface area contributed by atoms with E-state index in [4.69, 9.17) is 10.8 Å². The smallest absolute Gasteiger partial charge is 0.326 e. The van der Waals surface area contributed by atoms with Crippen molar-refractivity contribution in [2.24, 2.45) is 11.7 Å². The lowest BCUT2D eigenvalue weighted by Gasteiger charge is -2.22. The maximum absolute atomic E-state index is 12.0. The summed E-state index contributed by atoms with van der Waals surface area (Å²) in [6.07, 6.45) is -1.03. The number of aromatic hydroxyl groups is 1. The first-order chi connectivity index (χ1) is 10.7. The van der Waals surface area contributed by atoms with Crippen LogP contribution in [0.5, 0.6) is 5.75 Å². The van der Waals surface area contributed by atoms with Gasteiger partial charge in [-0.2, -0.15) is 0 Å². The molecule has 6 N–H and O–H groups in total. The summed E-state index contributed by atoms with van der Waals surface area (Å²) in [5, 5.41) is 30.6. The molecule has 0 saturated carbocycles. The number of phenolic OH excluding ortho intramolecular Hbond substituents is 1. The van der Waals surface area contributed by atoms with Gasteiger partial charge < -0.3 is 26.4 Å². The number of carboxylic acids is 1. The van der Waals surface area contributed by atoms with Crippen molar-refractivity contribution in [3.05, 3.63) is 29.8 Å². The molecule has 1 aromatic carbocycles. The summed E-state index contributed by atoms with van der Waals surface area (Å²) in [7, 11) is 0. The van der Waals surface area contributed by atoms with Crippen LogP contribution in [0.3, 0.4) is 0 Å². The Morgan fingerprint density at radius 2 is 1.78 bits per heavy atom. The SMILES string of the molecule is CC(C)CC(NC(=O)C(O)C(N)Cc1ccc(O)cc1)C(=O)O. The molecule has 0 radical (unpaired) electrons. The molecule has 0 fully saturated rings. The van der Waals surface area contributed by atoms with Gasteiger partial charge in [-0.15, -0.1) is 0 Å². The number of rotatable bonds is 8. The molecule has 3 unspecified atom stereocenters. The predicted molar refractivity (Wildman–Crippen MR) is 84.8 cm³/mol. The molecule has 0 aromatic heterocycles. The summed E-state index contributed by atoms with van der Waals surface area (Å²) in [6.45, 7) is 3.68. The Balaban J connectivity index is 2.63. The molecule has 1 aromatic rings. The highest BCUT2D eigenvalue weighted by Crippen LogP contribution is 2.12. The molecule has 1 amide bonds. The summed E-state index contributed by atoms with van der Waals surface area (Å²) in [4.78, 5) is 23.1. The van der Waals surface area contributed by atoms with Crippen LogP contribution < -0.4 is 11.1 Å². The standard InChI is InChI=1S/C16H24N2O5/c1-9(2)7-13(16(22)23)18-15(21)14(20)12(17)8-10-3-5-11(19)6-4-10/h3-6,9,12-14,19-20H,7-8,17H2,1-2H3,(H,18,21)(H,22,23). The molecule has 0 bridgehead atoms. The van der Waals surface area contributed by atoms with Crippen LogP contribution in [0.4, 0.5) is 0 Å². The number of phenols is 1. The van der Waals surface area contributed by atoms with Crippen molar-refractivity contribution < 1.29 is 24.9 Å². The highest BCUT2D eigenvalue weighted by atomic mass is 16.4. The Labute approximate surface area is 135 Å². The fourth-order valence-corrected chi connectivity index (χ4v) is 2.16. The van der Waals surface area contributed by atoms with Crippen molar-refractivity contribution >= 4 is 11.9 Å². The number of aliphatic carboxylic acids is 1. The van der Waals surface area contributed by atoms with Crippen LogP contribution in [0.15, 0.2) is 24.3 Å². The number of carbonyl (C=O) groups is 2. The minimum absolute atomic E-state index is 0.0826. The predicted octanol–water partition coefficient (Wildman–Crippen LogP) is 0.238. The van der Waals surface area contributed by atoms with Gasteiger partial charge in [0, 0.05) is 6.04 Å². The maximum atomic E-state index is 12.0. The number of aliphatic hydroxyl groups is 1. The van der Waals surface area contributed by atoms with Crippen LogP contribution in [0.1, 0.15) is 25.8 Å². The number of nitrogens with two attached hydrogens (primary N) is 1. The number of benzene rings is 1. The Kier molecular flexibility index (Phi) is 6.99. The molecule has 0 spiro atoms. The summed E-state index contributed by atoms with van der Waals surface area (Å²) >= 11 is 0. The first kappa shape index (κ1) is 18.9. The molecule has 0 saturated heterocycles. The van der Waals surface area contributed by atoms with Crippen LogP contribution in [-0.2, 0) is 16.0 Å². The van der Waals surface area contributed by atoms with E-state index in [2.05, 4.69) is 5.32 Å². The number of nitrogens with one attached hydrogen (secondary N) is 1. The van der Waals surface area contributed by atoms with E-state index >= 15 is 0 Å². The van der Waals surface area contributed by atoms with Crippen molar-refractivity contribution in [3.63, 3.8) is 0 Å². The first-order valence-electron chi connectivity index (χ1n) is 7.45. The largest absolute Gasteiger partial charge is 0.508 e. The zero-order chi connectivity index (χ0) is 17.6. The molecule has 23 heavy (non-hydrogen) atoms. The fraction of sp³-hybridized carbons (Fsp3) is 0.500. The third kappa shape index (κ3) is 6.25. The Morgan fingerprint density at radius 3 is 2.26 bits per heavy atom. The lowest BCUT2D eigenvalue weighted by atomic mass is 10.00. The zero-order valence-electron chi connectivity index (χ0n) is 13.3. The van der Waals surface area contributed by atoms with Crippen molar-refractivity contribution in [2.75, 3.05) is 0 Å². The third-order valence-corrected chi connectivity index (χ3v) is 3.40. The van der Waals surface area contributed by atoms with Crippen molar-refractivity contribution in [1.29, 1.82) is 0 Å². The van der Waals surface area contributed by atoms with E-state index in [1.54, 1.807) is 12.1 Å². The summed E-state index contributed by atoms with van der Waals surface area (Å²) in [5.74, 6) is -1.76. The van der Waals surface area contributed by atoms with Gasteiger partial charge in [0.15, 0.2) is 0 Å². The number of hydrogen-bond donors (Lipinski definition) is 5. The molecule has 0 aliphatic rings. The lowest BCUT2D eigenvalue weighted by molar-refractivity contribution is -0.144. The average Bonchev–Trinajstić information content (AvgIpc) is 2.47. The molecule has 0 heterocycles. The average molecular weight is 324 g/mol. The van der Waals surface area contributed by atoms with Gasteiger partial charge in [-0.1, -0.05) is 26.0 Å². The number of aliphatic hydroxyl groups excluding tert-OH is 1. The van der Waals surface area contributed by atoms with Crippen molar-refractivity contribution in [2.45, 2.75) is 44.9 Å². The molecule has 3 atom stereocenters. The Hall–Kier alpha value is -2.12. The van der Waals surface area contributed by atoms with Crippen molar-refractivity contribution in [3.8, 4) is 5.75 Å². The number of amides is 1. The van der Waals surface area contributed by atoms with E-state index in [0.717, 1.165) is 5.56 Å². The minimum atomic E-state index is -1.52. The lowest BCUT2D eigenvalue weighted by Crippen LogP contribution is -2.52. The molecule has 0 aliphatic heterocycles. The van der Waals surface area contributed by atoms with Crippen LogP contribution in [0.25, 0.3) is 0 Å². The number of carboxylic acid groups (broad SMARTS) is 1. The summed E-state index contributed by atoms with van der Waals surface area (Å²) in [5.41, 5.74) is 6.57. The Morgan fingerprint density at radius 1 is 1.22 bits per heavy atom. The third-order valence-electron chi connectivity index (χ3n) is 3.40. The summed E-state index contributed by atoms with van der Waals surface area (Å²) < 4.78 is 0. The fourth-order valence-electron chi connectivity index (χ4n) is 2.16. The van der Waals surface area contributed by atoms with E-state index in [0.29, 0.717) is 0 Å². The van der Waals surface area contributed by atoms with E-state index in [9.17, 15) is 19.8 Å². The van der Waals surface area contributed by atoms with Gasteiger partial charge in [0.05, 0.1) is 0 Å². The molecule has 1 rings (SSSR count). The summed E-state index contributed by atoms with van der Waals surface area (Å²) in [6, 6.07) is 4.30. The second-order valence-corrected chi connectivity index (χ2v) is 6.01. The highest BCUT2D eigenvalue weighted by molar-refractivity contribution is 5.86. The normalized spacial score (nSPS) is 15.0. The number of hydrogen-bond acceptors (Lipinski definition) is 5. The molecular formula is C16H24N2O5. The second-order valence-electron chi connectivity index (χ2n) is 6.01. The van der Waals surface area contributed by atoms with Gasteiger partial charge in [-0.3, -0.25) is 4.79 Å². The highest BCUT2D eigenvalue weighted by Gasteiger charge is 2.28. The van der Waals surface area contributed by atoms with Crippen LogP contribution >= 0.6 is 0 Å². The van der Waals surface area contributed by atoms with Gasteiger partial charge >= 0.3 is 5.97 Å². The first-order valence-corrected chi connectivity index (χ1v) is 7.45. The van der Waals surface area contributed by atoms with E-state index in [1.165, 1.54) is 12.1 Å². The maximum Gasteiger partial charge on any atom is 0.326 e. The van der Waals surface area contributed by atoms with Gasteiger partial charge in [0.1, 0.15) is 17.9 Å². The quantitative estimate of drug-likeness (QED) is 0.465. The van der Waals surface area contributed by atoms with Gasteiger partial charge in [0.25, 0.3) is 5.91 Å². The van der Waals surface area contributed by atoms with E-state index in [1.807, 2.05) is 13.8 Å².